The van der Waals surface area contributed by atoms with E-state index in [1.54, 1.807) is 19.2 Å². The van der Waals surface area contributed by atoms with Crippen molar-refractivity contribution in [1.29, 1.82) is 0 Å². The van der Waals surface area contributed by atoms with Gasteiger partial charge in [-0.1, -0.05) is 0 Å². The van der Waals surface area contributed by atoms with Gasteiger partial charge >= 0.3 is 5.97 Å². The number of nitrogens with zero attached hydrogens (tertiary/aromatic N) is 2. The SMILES string of the molecule is CCOC(=O)c1ccnc(C2(OCC)CCCC2)n1. The molecule has 1 aromatic heterocycles. The summed E-state index contributed by atoms with van der Waals surface area (Å²) < 4.78 is 10.9. The van der Waals surface area contributed by atoms with E-state index in [0.29, 0.717) is 24.7 Å². The fraction of sp³-hybridized carbons (Fsp3) is 0.643. The maximum Gasteiger partial charge on any atom is 0.357 e. The molecule has 0 N–H and O–H groups in total. The molecule has 5 nitrogen and oxygen atoms in total. The summed E-state index contributed by atoms with van der Waals surface area (Å²) in [5.41, 5.74) is -0.116. The largest absolute Gasteiger partial charge is 0.461 e. The molecule has 0 atom stereocenters. The average Bonchev–Trinajstić information content (AvgIpc) is 2.89. The van der Waals surface area contributed by atoms with E-state index in [0.717, 1.165) is 25.7 Å². The van der Waals surface area contributed by atoms with Crippen LogP contribution in [0.4, 0.5) is 0 Å². The van der Waals surface area contributed by atoms with Crippen molar-refractivity contribution < 1.29 is 14.3 Å². The lowest BCUT2D eigenvalue weighted by Gasteiger charge is -2.27. The molecular weight excluding hydrogens is 244 g/mol. The Labute approximate surface area is 113 Å². The lowest BCUT2D eigenvalue weighted by atomic mass is 10.0. The molecule has 0 radical (unpaired) electrons. The molecule has 0 bridgehead atoms. The third kappa shape index (κ3) is 2.92. The smallest absolute Gasteiger partial charge is 0.357 e. The third-order valence-electron chi connectivity index (χ3n) is 3.38. The molecule has 19 heavy (non-hydrogen) atoms. The zero-order chi connectivity index (χ0) is 13.7. The maximum absolute atomic E-state index is 11.7. The Kier molecular flexibility index (Phi) is 4.47. The van der Waals surface area contributed by atoms with E-state index in [4.69, 9.17) is 9.47 Å². The molecule has 0 aliphatic heterocycles. The first-order valence-electron chi connectivity index (χ1n) is 6.86. The van der Waals surface area contributed by atoms with E-state index >= 15 is 0 Å². The van der Waals surface area contributed by atoms with E-state index in [1.165, 1.54) is 0 Å². The van der Waals surface area contributed by atoms with Crippen LogP contribution in [-0.4, -0.2) is 29.2 Å². The minimum atomic E-state index is -0.419. The highest BCUT2D eigenvalue weighted by Gasteiger charge is 2.39. The van der Waals surface area contributed by atoms with Crippen molar-refractivity contribution in [2.45, 2.75) is 45.1 Å². The van der Waals surface area contributed by atoms with Gasteiger partial charge in [-0.25, -0.2) is 14.8 Å². The minimum absolute atomic E-state index is 0.304. The normalized spacial score (nSPS) is 17.4. The minimum Gasteiger partial charge on any atom is -0.461 e. The Bertz CT molecular complexity index is 442. The number of carbonyl (C=O) groups excluding carboxylic acids is 1. The van der Waals surface area contributed by atoms with Crippen LogP contribution in [0.3, 0.4) is 0 Å². The lowest BCUT2D eigenvalue weighted by molar-refractivity contribution is -0.0458. The van der Waals surface area contributed by atoms with Crippen molar-refractivity contribution in [2.24, 2.45) is 0 Å². The molecule has 0 amide bonds. The van der Waals surface area contributed by atoms with E-state index in [2.05, 4.69) is 9.97 Å². The number of hydrogen-bond acceptors (Lipinski definition) is 5. The quantitative estimate of drug-likeness (QED) is 0.764. The van der Waals surface area contributed by atoms with Gasteiger partial charge in [0.15, 0.2) is 11.5 Å². The van der Waals surface area contributed by atoms with Gasteiger partial charge in [-0.15, -0.1) is 0 Å². The number of rotatable bonds is 5. The first-order valence-corrected chi connectivity index (χ1v) is 6.86. The standard InChI is InChI=1S/C14H20N2O3/c1-3-18-12(17)11-7-10-15-13(16-11)14(19-4-2)8-5-6-9-14/h7,10H,3-6,8-9H2,1-2H3. The number of aromatic nitrogens is 2. The predicted molar refractivity (Wildman–Crippen MR) is 69.8 cm³/mol. The zero-order valence-corrected chi connectivity index (χ0v) is 11.5. The Balaban J connectivity index is 2.28. The van der Waals surface area contributed by atoms with Gasteiger partial charge in [-0.3, -0.25) is 0 Å². The molecular formula is C14H20N2O3. The molecule has 2 rings (SSSR count). The molecule has 1 fully saturated rings. The van der Waals surface area contributed by atoms with Crippen molar-refractivity contribution in [3.05, 3.63) is 23.8 Å². The Morgan fingerprint density at radius 1 is 1.32 bits per heavy atom. The summed E-state index contributed by atoms with van der Waals surface area (Å²) in [6, 6.07) is 1.58. The van der Waals surface area contributed by atoms with Gasteiger partial charge < -0.3 is 9.47 Å². The van der Waals surface area contributed by atoms with Crippen molar-refractivity contribution in [3.8, 4) is 0 Å². The summed E-state index contributed by atoms with van der Waals surface area (Å²) in [6.45, 7) is 4.70. The van der Waals surface area contributed by atoms with E-state index < -0.39 is 11.6 Å². The fourth-order valence-corrected chi connectivity index (χ4v) is 2.55. The highest BCUT2D eigenvalue weighted by atomic mass is 16.5. The molecule has 5 heteroatoms. The van der Waals surface area contributed by atoms with Crippen LogP contribution in [0.2, 0.25) is 0 Å². The fourth-order valence-electron chi connectivity index (χ4n) is 2.55. The third-order valence-corrected chi connectivity index (χ3v) is 3.38. The molecule has 1 aliphatic rings. The predicted octanol–water partition coefficient (Wildman–Crippen LogP) is 2.46. The summed E-state index contributed by atoms with van der Waals surface area (Å²) in [5.74, 6) is 0.202. The monoisotopic (exact) mass is 264 g/mol. The van der Waals surface area contributed by atoms with Crippen LogP contribution >= 0.6 is 0 Å². The molecule has 1 aliphatic carbocycles. The second kappa shape index (κ2) is 6.10. The molecule has 0 saturated heterocycles. The highest BCUT2D eigenvalue weighted by molar-refractivity contribution is 5.87. The first-order chi connectivity index (χ1) is 9.22. The summed E-state index contributed by atoms with van der Waals surface area (Å²) in [7, 11) is 0. The van der Waals surface area contributed by atoms with Crippen LogP contribution in [0.25, 0.3) is 0 Å². The van der Waals surface area contributed by atoms with Crippen LogP contribution in [-0.2, 0) is 15.1 Å². The van der Waals surface area contributed by atoms with Gasteiger partial charge in [0, 0.05) is 12.8 Å². The van der Waals surface area contributed by atoms with Crippen LogP contribution < -0.4 is 0 Å². The number of carbonyl (C=O) groups is 1. The Morgan fingerprint density at radius 3 is 2.68 bits per heavy atom. The summed E-state index contributed by atoms with van der Waals surface area (Å²) in [6.07, 6.45) is 5.63. The van der Waals surface area contributed by atoms with Gasteiger partial charge in [0.1, 0.15) is 5.60 Å². The Morgan fingerprint density at radius 2 is 2.05 bits per heavy atom. The topological polar surface area (TPSA) is 61.3 Å². The zero-order valence-electron chi connectivity index (χ0n) is 11.5. The number of hydrogen-bond donors (Lipinski definition) is 0. The van der Waals surface area contributed by atoms with Gasteiger partial charge in [0.25, 0.3) is 0 Å². The highest BCUT2D eigenvalue weighted by Crippen LogP contribution is 2.40. The van der Waals surface area contributed by atoms with Crippen LogP contribution in [0.15, 0.2) is 12.3 Å². The van der Waals surface area contributed by atoms with E-state index in [1.807, 2.05) is 6.92 Å². The van der Waals surface area contributed by atoms with Crippen LogP contribution in [0.1, 0.15) is 55.8 Å². The average molecular weight is 264 g/mol. The van der Waals surface area contributed by atoms with Gasteiger partial charge in [-0.05, 0) is 45.6 Å². The number of esters is 1. The van der Waals surface area contributed by atoms with Crippen LogP contribution in [0.5, 0.6) is 0 Å². The second-order valence-corrected chi connectivity index (χ2v) is 4.62. The first kappa shape index (κ1) is 13.9. The molecule has 0 unspecified atom stereocenters. The van der Waals surface area contributed by atoms with Gasteiger partial charge in [0.05, 0.1) is 6.61 Å². The molecule has 1 aromatic rings. The van der Waals surface area contributed by atoms with Crippen molar-refractivity contribution in [1.82, 2.24) is 9.97 Å². The van der Waals surface area contributed by atoms with Crippen molar-refractivity contribution in [3.63, 3.8) is 0 Å². The van der Waals surface area contributed by atoms with Gasteiger partial charge in [-0.2, -0.15) is 0 Å². The molecule has 104 valence electrons. The van der Waals surface area contributed by atoms with Gasteiger partial charge in [0.2, 0.25) is 0 Å². The van der Waals surface area contributed by atoms with Crippen molar-refractivity contribution in [2.75, 3.05) is 13.2 Å². The van der Waals surface area contributed by atoms with E-state index in [-0.39, 0.29) is 0 Å². The molecule has 1 heterocycles. The second-order valence-electron chi connectivity index (χ2n) is 4.62. The van der Waals surface area contributed by atoms with E-state index in [9.17, 15) is 4.79 Å². The van der Waals surface area contributed by atoms with Crippen LogP contribution in [0, 0.1) is 0 Å². The molecule has 0 aromatic carbocycles. The summed E-state index contributed by atoms with van der Waals surface area (Å²) in [5, 5.41) is 0. The summed E-state index contributed by atoms with van der Waals surface area (Å²) >= 11 is 0. The molecule has 1 saturated carbocycles. The number of ether oxygens (including phenoxy) is 2. The van der Waals surface area contributed by atoms with Crippen molar-refractivity contribution >= 4 is 5.97 Å². The lowest BCUT2D eigenvalue weighted by Crippen LogP contribution is -2.29. The summed E-state index contributed by atoms with van der Waals surface area (Å²) in [4.78, 5) is 20.4. The maximum atomic E-state index is 11.7. The Hall–Kier alpha value is -1.49. The molecule has 0 spiro atoms.